The Labute approximate surface area is 188 Å². The van der Waals surface area contributed by atoms with Crippen LogP contribution in [0.4, 0.5) is 5.69 Å². The Hall–Kier alpha value is -2.48. The fraction of sp³-hybridized carbons (Fsp3) is 0.238. The number of hydrogen-bond acceptors (Lipinski definition) is 5. The summed E-state index contributed by atoms with van der Waals surface area (Å²) in [5.74, 6) is -0.486. The van der Waals surface area contributed by atoms with E-state index in [9.17, 15) is 9.59 Å². The number of carbonyl (C=O) groups is 2. The fourth-order valence-electron chi connectivity index (χ4n) is 2.78. The van der Waals surface area contributed by atoms with Crippen LogP contribution in [0.2, 0.25) is 10.0 Å². The summed E-state index contributed by atoms with van der Waals surface area (Å²) in [6.07, 6.45) is 2.56. The van der Waals surface area contributed by atoms with Gasteiger partial charge in [0.05, 0.1) is 35.1 Å². The number of carbonyl (C=O) groups excluding carboxylic acids is 2. The molecule has 2 heterocycles. The predicted molar refractivity (Wildman–Crippen MR) is 121 cm³/mol. The number of thiazole rings is 1. The third-order valence-electron chi connectivity index (χ3n) is 4.15. The summed E-state index contributed by atoms with van der Waals surface area (Å²) in [5, 5.41) is 6.15. The molecule has 9 heteroatoms. The van der Waals surface area contributed by atoms with Crippen molar-refractivity contribution >= 4 is 52.0 Å². The fourth-order valence-corrected chi connectivity index (χ4v) is 4.03. The monoisotopic (exact) mass is 462 g/mol. The molecule has 0 fully saturated rings. The Balaban J connectivity index is 1.63. The molecule has 0 saturated heterocycles. The molecule has 3 rings (SSSR count). The molecule has 3 aromatic rings. The van der Waals surface area contributed by atoms with Gasteiger partial charge in [-0.3, -0.25) is 14.6 Å². The zero-order valence-corrected chi connectivity index (χ0v) is 18.6. The van der Waals surface area contributed by atoms with Crippen molar-refractivity contribution in [2.75, 3.05) is 18.4 Å². The van der Waals surface area contributed by atoms with E-state index in [4.69, 9.17) is 23.2 Å². The van der Waals surface area contributed by atoms with Gasteiger partial charge in [0.1, 0.15) is 5.01 Å². The molecule has 2 aromatic heterocycles. The third-order valence-corrected chi connectivity index (χ3v) is 5.62. The van der Waals surface area contributed by atoms with E-state index < -0.39 is 0 Å². The van der Waals surface area contributed by atoms with Gasteiger partial charge in [-0.15, -0.1) is 11.3 Å². The lowest BCUT2D eigenvalue weighted by molar-refractivity contribution is -0.134. The summed E-state index contributed by atoms with van der Waals surface area (Å²) in [7, 11) is 0. The Morgan fingerprint density at radius 3 is 2.73 bits per heavy atom. The van der Waals surface area contributed by atoms with E-state index in [1.807, 2.05) is 30.5 Å². The number of aromatic nitrogens is 2. The highest BCUT2D eigenvalue weighted by atomic mass is 35.5. The van der Waals surface area contributed by atoms with Crippen molar-refractivity contribution in [3.05, 3.63) is 63.7 Å². The summed E-state index contributed by atoms with van der Waals surface area (Å²) in [6, 6.07) is 10.4. The molecular weight excluding hydrogens is 443 g/mol. The summed E-state index contributed by atoms with van der Waals surface area (Å²) < 4.78 is 0. The lowest BCUT2D eigenvalue weighted by Crippen LogP contribution is -2.39. The number of nitrogens with one attached hydrogen (secondary N) is 1. The van der Waals surface area contributed by atoms with Crippen LogP contribution in [0.25, 0.3) is 10.7 Å². The van der Waals surface area contributed by atoms with Gasteiger partial charge in [0.2, 0.25) is 11.8 Å². The second kappa shape index (κ2) is 10.5. The molecule has 0 atom stereocenters. The number of nitrogens with zero attached hydrogens (tertiary/aromatic N) is 3. The summed E-state index contributed by atoms with van der Waals surface area (Å²) in [5.41, 5.74) is 1.88. The third kappa shape index (κ3) is 6.01. The van der Waals surface area contributed by atoms with E-state index in [0.29, 0.717) is 28.0 Å². The summed E-state index contributed by atoms with van der Waals surface area (Å²) in [6.45, 7) is 2.36. The minimum Gasteiger partial charge on any atom is -0.333 e. The highest BCUT2D eigenvalue weighted by Crippen LogP contribution is 2.25. The number of rotatable bonds is 8. The van der Waals surface area contributed by atoms with Crippen molar-refractivity contribution in [1.29, 1.82) is 0 Å². The van der Waals surface area contributed by atoms with Gasteiger partial charge in [-0.05, 0) is 36.8 Å². The minimum absolute atomic E-state index is 0.0666. The van der Waals surface area contributed by atoms with Crippen molar-refractivity contribution in [3.63, 3.8) is 0 Å². The summed E-state index contributed by atoms with van der Waals surface area (Å²) in [4.78, 5) is 35.6. The van der Waals surface area contributed by atoms with Crippen molar-refractivity contribution in [2.24, 2.45) is 0 Å². The quantitative estimate of drug-likeness (QED) is 0.514. The zero-order valence-electron chi connectivity index (χ0n) is 16.3. The van der Waals surface area contributed by atoms with Gasteiger partial charge in [0, 0.05) is 23.1 Å². The molecule has 0 spiro atoms. The second-order valence-electron chi connectivity index (χ2n) is 6.52. The maximum absolute atomic E-state index is 12.8. The van der Waals surface area contributed by atoms with E-state index in [-0.39, 0.29) is 24.8 Å². The molecule has 0 aliphatic carbocycles. The zero-order chi connectivity index (χ0) is 21.5. The van der Waals surface area contributed by atoms with E-state index in [0.717, 1.165) is 17.1 Å². The first-order valence-electron chi connectivity index (χ1n) is 9.34. The Bertz CT molecular complexity index is 1030. The van der Waals surface area contributed by atoms with Crippen LogP contribution in [0.3, 0.4) is 0 Å². The van der Waals surface area contributed by atoms with Crippen molar-refractivity contribution in [2.45, 2.75) is 19.8 Å². The average molecular weight is 463 g/mol. The smallest absolute Gasteiger partial charge is 0.244 e. The summed E-state index contributed by atoms with van der Waals surface area (Å²) >= 11 is 13.4. The molecule has 2 amide bonds. The van der Waals surface area contributed by atoms with Crippen LogP contribution in [0.1, 0.15) is 19.0 Å². The molecule has 1 aromatic carbocycles. The van der Waals surface area contributed by atoms with Gasteiger partial charge >= 0.3 is 0 Å². The van der Waals surface area contributed by atoms with Crippen molar-refractivity contribution in [1.82, 2.24) is 14.9 Å². The molecule has 30 heavy (non-hydrogen) atoms. The van der Waals surface area contributed by atoms with E-state index in [1.54, 1.807) is 24.4 Å². The van der Waals surface area contributed by atoms with Crippen molar-refractivity contribution in [3.8, 4) is 10.7 Å². The largest absolute Gasteiger partial charge is 0.333 e. The predicted octanol–water partition coefficient (Wildman–Crippen LogP) is 4.93. The first-order valence-corrected chi connectivity index (χ1v) is 11.0. The normalized spacial score (nSPS) is 10.6. The lowest BCUT2D eigenvalue weighted by atomic mass is 10.2. The maximum Gasteiger partial charge on any atom is 0.244 e. The molecule has 0 radical (unpaired) electrons. The average Bonchev–Trinajstić information content (AvgIpc) is 3.19. The van der Waals surface area contributed by atoms with Crippen LogP contribution >= 0.6 is 34.5 Å². The number of anilines is 1. The SMILES string of the molecule is CCCN(CC(=O)Nc1ccc(Cl)cc1Cl)C(=O)Cc1csc(-c2ccccn2)n1. The maximum atomic E-state index is 12.8. The Morgan fingerprint density at radius 1 is 1.20 bits per heavy atom. The first-order chi connectivity index (χ1) is 14.5. The number of amides is 2. The highest BCUT2D eigenvalue weighted by Gasteiger charge is 2.19. The van der Waals surface area contributed by atoms with Crippen LogP contribution in [0.5, 0.6) is 0 Å². The second-order valence-corrected chi connectivity index (χ2v) is 8.23. The van der Waals surface area contributed by atoms with Gasteiger partial charge in [-0.1, -0.05) is 36.2 Å². The van der Waals surface area contributed by atoms with Crippen molar-refractivity contribution < 1.29 is 9.59 Å². The minimum atomic E-state index is -0.325. The molecule has 0 aliphatic heterocycles. The van der Waals surface area contributed by atoms with Crippen LogP contribution in [-0.4, -0.2) is 39.8 Å². The topological polar surface area (TPSA) is 75.2 Å². The Kier molecular flexibility index (Phi) is 7.79. The highest BCUT2D eigenvalue weighted by molar-refractivity contribution is 7.13. The van der Waals surface area contributed by atoms with Gasteiger partial charge in [0.25, 0.3) is 0 Å². The molecule has 0 aliphatic rings. The number of halogens is 2. The number of benzene rings is 1. The molecular formula is C21H20Cl2N4O2S. The van der Waals surface area contributed by atoms with E-state index in [1.165, 1.54) is 16.2 Å². The molecule has 0 unspecified atom stereocenters. The van der Waals surface area contributed by atoms with Gasteiger partial charge in [-0.2, -0.15) is 0 Å². The standard InChI is InChI=1S/C21H20Cl2N4O2S/c1-2-9-27(12-19(28)26-17-7-6-14(22)10-16(17)23)20(29)11-15-13-30-21(25-15)18-5-3-4-8-24-18/h3-8,10,13H,2,9,11-12H2,1H3,(H,26,28). The van der Waals surface area contributed by atoms with Crippen LogP contribution in [-0.2, 0) is 16.0 Å². The van der Waals surface area contributed by atoms with Gasteiger partial charge < -0.3 is 10.2 Å². The van der Waals surface area contributed by atoms with Crippen LogP contribution < -0.4 is 5.32 Å². The molecule has 0 saturated carbocycles. The molecule has 6 nitrogen and oxygen atoms in total. The molecule has 156 valence electrons. The lowest BCUT2D eigenvalue weighted by Gasteiger charge is -2.21. The Morgan fingerprint density at radius 2 is 2.03 bits per heavy atom. The number of hydrogen-bond donors (Lipinski definition) is 1. The van der Waals surface area contributed by atoms with E-state index >= 15 is 0 Å². The van der Waals surface area contributed by atoms with Gasteiger partial charge in [-0.25, -0.2) is 4.98 Å². The van der Waals surface area contributed by atoms with Crippen LogP contribution in [0.15, 0.2) is 48.0 Å². The first kappa shape index (κ1) is 22.2. The van der Waals surface area contributed by atoms with Crippen LogP contribution in [0, 0.1) is 0 Å². The molecule has 0 bridgehead atoms. The van der Waals surface area contributed by atoms with E-state index in [2.05, 4.69) is 15.3 Å². The van der Waals surface area contributed by atoms with Gasteiger partial charge in [0.15, 0.2) is 0 Å². The molecule has 1 N–H and O–H groups in total. The number of pyridine rings is 1.